The minimum Gasteiger partial charge on any atom is -0.495 e. The Balaban J connectivity index is 1.44. The lowest BCUT2D eigenvalue weighted by Gasteiger charge is -2.33. The number of nitrogens with zero attached hydrogens (tertiary/aromatic N) is 2. The van der Waals surface area contributed by atoms with Gasteiger partial charge < -0.3 is 19.2 Å². The summed E-state index contributed by atoms with van der Waals surface area (Å²) in [5.74, 6) is 0.928. The number of carbonyl (C=O) groups is 1. The highest BCUT2D eigenvalue weighted by atomic mass is 32.2. The molecule has 1 aromatic heterocycles. The van der Waals surface area contributed by atoms with Crippen LogP contribution in [0, 0.1) is 0 Å². The predicted octanol–water partition coefficient (Wildman–Crippen LogP) is 2.20. The fourth-order valence-electron chi connectivity index (χ4n) is 4.54. The third-order valence-electron chi connectivity index (χ3n) is 6.38. The van der Waals surface area contributed by atoms with E-state index in [0.29, 0.717) is 38.4 Å². The molecule has 9 nitrogen and oxygen atoms in total. The van der Waals surface area contributed by atoms with E-state index in [9.17, 15) is 13.2 Å². The van der Waals surface area contributed by atoms with Gasteiger partial charge in [0, 0.05) is 19.6 Å². The molecule has 3 heterocycles. The van der Waals surface area contributed by atoms with Crippen LogP contribution in [0.2, 0.25) is 0 Å². The predicted molar refractivity (Wildman–Crippen MR) is 126 cm³/mol. The van der Waals surface area contributed by atoms with Crippen LogP contribution in [0.3, 0.4) is 0 Å². The summed E-state index contributed by atoms with van der Waals surface area (Å²) in [4.78, 5) is 15.2. The van der Waals surface area contributed by atoms with E-state index in [1.165, 1.54) is 23.9 Å². The molecule has 4 rings (SSSR count). The minimum absolute atomic E-state index is 0.0209. The number of likely N-dealkylation sites (tertiary alicyclic amines) is 1. The Morgan fingerprint density at radius 3 is 2.56 bits per heavy atom. The number of methoxy groups -OCH3 is 1. The molecule has 0 unspecified atom stereocenters. The number of furan rings is 1. The van der Waals surface area contributed by atoms with Crippen LogP contribution >= 0.6 is 0 Å². The summed E-state index contributed by atoms with van der Waals surface area (Å²) < 4.78 is 44.0. The Morgan fingerprint density at radius 1 is 1.12 bits per heavy atom. The Morgan fingerprint density at radius 2 is 1.88 bits per heavy atom. The molecule has 0 spiro atoms. The Kier molecular flexibility index (Phi) is 8.25. The standard InChI is InChI=1S/C24H33N3O6S/c1-31-22-8-7-19(16-23(22)34(29,30)27-11-14-32-15-12-27)17-24(28)25-18-20(21-6-5-13-33-21)26-9-3-2-4-10-26/h5-8,13,16,20H,2-4,9-12,14-15,17-18H2,1H3,(H,25,28)/t20-/m1/s1. The second-order valence-electron chi connectivity index (χ2n) is 8.61. The van der Waals surface area contributed by atoms with Crippen molar-refractivity contribution in [1.29, 1.82) is 0 Å². The van der Waals surface area contributed by atoms with Crippen LogP contribution in [0.4, 0.5) is 0 Å². The van der Waals surface area contributed by atoms with Crippen molar-refractivity contribution in [1.82, 2.24) is 14.5 Å². The van der Waals surface area contributed by atoms with E-state index >= 15 is 0 Å². The first-order valence-corrected chi connectivity index (χ1v) is 13.2. The zero-order chi connectivity index (χ0) is 24.0. The summed E-state index contributed by atoms with van der Waals surface area (Å²) in [5, 5.41) is 3.02. The Labute approximate surface area is 201 Å². The average molecular weight is 492 g/mol. The molecule has 2 aliphatic rings. The maximum atomic E-state index is 13.2. The van der Waals surface area contributed by atoms with Crippen LogP contribution < -0.4 is 10.1 Å². The van der Waals surface area contributed by atoms with Gasteiger partial charge in [-0.05, 0) is 55.8 Å². The van der Waals surface area contributed by atoms with Gasteiger partial charge in [0.05, 0.1) is 39.0 Å². The van der Waals surface area contributed by atoms with E-state index in [-0.39, 0.29) is 29.0 Å². The molecule has 2 aromatic rings. The molecule has 1 amide bonds. The summed E-state index contributed by atoms with van der Waals surface area (Å²) in [7, 11) is -2.32. The second kappa shape index (κ2) is 11.4. The van der Waals surface area contributed by atoms with Gasteiger partial charge in [-0.3, -0.25) is 9.69 Å². The third-order valence-corrected chi connectivity index (χ3v) is 8.30. The van der Waals surface area contributed by atoms with Crippen LogP contribution in [-0.2, 0) is 26.0 Å². The highest BCUT2D eigenvalue weighted by Gasteiger charge is 2.30. The third kappa shape index (κ3) is 5.80. The first kappa shape index (κ1) is 24.7. The molecule has 0 saturated carbocycles. The first-order valence-electron chi connectivity index (χ1n) is 11.8. The lowest BCUT2D eigenvalue weighted by atomic mass is 10.1. The number of sulfonamides is 1. The van der Waals surface area contributed by atoms with Crippen molar-refractivity contribution < 1.29 is 27.1 Å². The Bertz CT molecular complexity index is 1040. The van der Waals surface area contributed by atoms with Gasteiger partial charge in [-0.25, -0.2) is 8.42 Å². The van der Waals surface area contributed by atoms with E-state index in [2.05, 4.69) is 10.2 Å². The van der Waals surface area contributed by atoms with Crippen molar-refractivity contribution in [3.05, 3.63) is 47.9 Å². The summed E-state index contributed by atoms with van der Waals surface area (Å²) in [6.07, 6.45) is 5.22. The van der Waals surface area contributed by atoms with E-state index in [1.54, 1.807) is 18.4 Å². The summed E-state index contributed by atoms with van der Waals surface area (Å²) in [6, 6.07) is 8.66. The second-order valence-corrected chi connectivity index (χ2v) is 10.5. The molecule has 186 valence electrons. The molecule has 2 fully saturated rings. The molecular formula is C24H33N3O6S. The number of carbonyl (C=O) groups excluding carboxylic acids is 1. The highest BCUT2D eigenvalue weighted by molar-refractivity contribution is 7.89. The van der Waals surface area contributed by atoms with Crippen molar-refractivity contribution in [3.8, 4) is 5.75 Å². The fourth-order valence-corrected chi connectivity index (χ4v) is 6.15. The molecule has 1 aromatic carbocycles. The molecule has 0 aliphatic carbocycles. The summed E-state index contributed by atoms with van der Waals surface area (Å²) in [6.45, 7) is 3.68. The molecule has 2 saturated heterocycles. The lowest BCUT2D eigenvalue weighted by Crippen LogP contribution is -2.41. The van der Waals surface area contributed by atoms with Crippen LogP contribution in [0.5, 0.6) is 5.75 Å². The number of ether oxygens (including phenoxy) is 2. The number of piperidine rings is 1. The van der Waals surface area contributed by atoms with E-state index in [0.717, 1.165) is 31.7 Å². The van der Waals surface area contributed by atoms with Crippen LogP contribution in [-0.4, -0.2) is 76.6 Å². The molecule has 1 atom stereocenters. The number of morpholine rings is 1. The number of amides is 1. The number of hydrogen-bond donors (Lipinski definition) is 1. The van der Waals surface area contributed by atoms with Crippen molar-refractivity contribution in [2.75, 3.05) is 53.0 Å². The highest BCUT2D eigenvalue weighted by Crippen LogP contribution is 2.29. The smallest absolute Gasteiger partial charge is 0.246 e. The molecule has 0 radical (unpaired) electrons. The molecule has 0 bridgehead atoms. The zero-order valence-electron chi connectivity index (χ0n) is 19.6. The van der Waals surface area contributed by atoms with Gasteiger partial charge in [-0.1, -0.05) is 12.5 Å². The van der Waals surface area contributed by atoms with Gasteiger partial charge in [0.15, 0.2) is 0 Å². The van der Waals surface area contributed by atoms with Gasteiger partial charge in [-0.2, -0.15) is 4.31 Å². The van der Waals surface area contributed by atoms with E-state index in [1.807, 2.05) is 12.1 Å². The molecular weight excluding hydrogens is 458 g/mol. The average Bonchev–Trinajstić information content (AvgIpc) is 3.40. The first-order chi connectivity index (χ1) is 16.5. The maximum absolute atomic E-state index is 13.2. The van der Waals surface area contributed by atoms with E-state index in [4.69, 9.17) is 13.9 Å². The number of benzene rings is 1. The van der Waals surface area contributed by atoms with Gasteiger partial charge in [0.1, 0.15) is 16.4 Å². The lowest BCUT2D eigenvalue weighted by molar-refractivity contribution is -0.120. The summed E-state index contributed by atoms with van der Waals surface area (Å²) in [5.41, 5.74) is 0.609. The van der Waals surface area contributed by atoms with Crippen LogP contribution in [0.25, 0.3) is 0 Å². The van der Waals surface area contributed by atoms with Crippen LogP contribution in [0.1, 0.15) is 36.6 Å². The monoisotopic (exact) mass is 491 g/mol. The topological polar surface area (TPSA) is 101 Å². The van der Waals surface area contributed by atoms with Crippen molar-refractivity contribution in [2.45, 2.75) is 36.6 Å². The number of hydrogen-bond acceptors (Lipinski definition) is 7. The molecule has 10 heteroatoms. The normalized spacial score (nSPS) is 19.0. The molecule has 2 aliphatic heterocycles. The fraction of sp³-hybridized carbons (Fsp3) is 0.542. The maximum Gasteiger partial charge on any atom is 0.246 e. The van der Waals surface area contributed by atoms with Crippen molar-refractivity contribution in [2.24, 2.45) is 0 Å². The van der Waals surface area contributed by atoms with Gasteiger partial charge in [0.25, 0.3) is 0 Å². The summed E-state index contributed by atoms with van der Waals surface area (Å²) >= 11 is 0. The van der Waals surface area contributed by atoms with Crippen molar-refractivity contribution >= 4 is 15.9 Å². The minimum atomic E-state index is -3.76. The quantitative estimate of drug-likeness (QED) is 0.574. The van der Waals surface area contributed by atoms with Gasteiger partial charge in [-0.15, -0.1) is 0 Å². The Hall–Kier alpha value is -2.40. The largest absolute Gasteiger partial charge is 0.495 e. The number of rotatable bonds is 9. The zero-order valence-corrected chi connectivity index (χ0v) is 20.4. The SMILES string of the molecule is COc1ccc(CC(=O)NC[C@H](c2ccco2)N2CCCCC2)cc1S(=O)(=O)N1CCOCC1. The molecule has 34 heavy (non-hydrogen) atoms. The van der Waals surface area contributed by atoms with Crippen LogP contribution in [0.15, 0.2) is 45.9 Å². The van der Waals surface area contributed by atoms with Gasteiger partial charge >= 0.3 is 0 Å². The van der Waals surface area contributed by atoms with Crippen molar-refractivity contribution in [3.63, 3.8) is 0 Å². The van der Waals surface area contributed by atoms with E-state index < -0.39 is 10.0 Å². The van der Waals surface area contributed by atoms with Gasteiger partial charge in [0.2, 0.25) is 15.9 Å². The molecule has 1 N–H and O–H groups in total. The number of nitrogens with one attached hydrogen (secondary N) is 1.